The molecule has 2 aliphatic rings. The molecular weight excluding hydrogens is 356 g/mol. The van der Waals surface area contributed by atoms with Gasteiger partial charge in [-0.1, -0.05) is 43.2 Å². The number of rotatable bonds is 9. The highest BCUT2D eigenvalue weighted by Gasteiger charge is 2.31. The first-order chi connectivity index (χ1) is 13.6. The van der Waals surface area contributed by atoms with Crippen LogP contribution in [0.25, 0.3) is 0 Å². The van der Waals surface area contributed by atoms with Gasteiger partial charge in [0.25, 0.3) is 0 Å². The van der Waals surface area contributed by atoms with E-state index in [4.69, 9.17) is 9.84 Å². The fourth-order valence-electron chi connectivity index (χ4n) is 4.30. The predicted octanol–water partition coefficient (Wildman–Crippen LogP) is 3.60. The number of hydrogen-bond acceptors (Lipinski definition) is 3. The van der Waals surface area contributed by atoms with E-state index in [1.165, 1.54) is 0 Å². The van der Waals surface area contributed by atoms with E-state index in [0.29, 0.717) is 19.4 Å². The lowest BCUT2D eigenvalue weighted by Crippen LogP contribution is -2.51. The number of carbonyl (C=O) groups is 2. The predicted molar refractivity (Wildman–Crippen MR) is 107 cm³/mol. The van der Waals surface area contributed by atoms with Gasteiger partial charge in [0.1, 0.15) is 0 Å². The van der Waals surface area contributed by atoms with Crippen molar-refractivity contribution in [2.24, 2.45) is 0 Å². The van der Waals surface area contributed by atoms with Crippen LogP contribution in [0.5, 0.6) is 0 Å². The Balaban J connectivity index is 1.65. The van der Waals surface area contributed by atoms with Crippen molar-refractivity contribution in [2.45, 2.75) is 76.0 Å². The van der Waals surface area contributed by atoms with Crippen LogP contribution in [-0.4, -0.2) is 53.3 Å². The number of ether oxygens (including phenoxy) is 1. The SMILES string of the molecule is O=C(O)CCC(Cc1ccccc1)NC(=O)N(CC1CCCO1)C1CCCC1. The van der Waals surface area contributed by atoms with Crippen molar-refractivity contribution in [3.63, 3.8) is 0 Å². The standard InChI is InChI=1S/C22H32N2O4/c25-21(26)13-12-18(15-17-7-2-1-3-8-17)23-22(27)24(19-9-4-5-10-19)16-20-11-6-14-28-20/h1-3,7-8,18-20H,4-6,9-16H2,(H,23,27)(H,25,26). The van der Waals surface area contributed by atoms with Crippen LogP contribution in [0.2, 0.25) is 0 Å². The third-order valence-corrected chi connectivity index (χ3v) is 5.81. The first kappa shape index (κ1) is 20.6. The van der Waals surface area contributed by atoms with Crippen LogP contribution in [-0.2, 0) is 16.0 Å². The molecule has 1 saturated heterocycles. The minimum atomic E-state index is -0.834. The fraction of sp³-hybridized carbons (Fsp3) is 0.636. The summed E-state index contributed by atoms with van der Waals surface area (Å²) < 4.78 is 5.77. The number of nitrogens with one attached hydrogen (secondary N) is 1. The first-order valence-corrected chi connectivity index (χ1v) is 10.6. The van der Waals surface area contributed by atoms with E-state index >= 15 is 0 Å². The fourth-order valence-corrected chi connectivity index (χ4v) is 4.30. The zero-order chi connectivity index (χ0) is 19.8. The van der Waals surface area contributed by atoms with Crippen molar-refractivity contribution in [1.82, 2.24) is 10.2 Å². The van der Waals surface area contributed by atoms with Crippen molar-refractivity contribution in [3.05, 3.63) is 35.9 Å². The Labute approximate surface area is 167 Å². The third-order valence-electron chi connectivity index (χ3n) is 5.81. The maximum absolute atomic E-state index is 13.2. The van der Waals surface area contributed by atoms with Gasteiger partial charge in [-0.3, -0.25) is 4.79 Å². The minimum absolute atomic E-state index is 0.0486. The number of carbonyl (C=O) groups excluding carboxylic acids is 1. The Kier molecular flexibility index (Phi) is 7.71. The maximum atomic E-state index is 13.2. The summed E-state index contributed by atoms with van der Waals surface area (Å²) in [6.45, 7) is 1.41. The monoisotopic (exact) mass is 388 g/mol. The van der Waals surface area contributed by atoms with Crippen LogP contribution in [0.15, 0.2) is 30.3 Å². The van der Waals surface area contributed by atoms with Gasteiger partial charge in [-0.2, -0.15) is 0 Å². The van der Waals surface area contributed by atoms with Crippen LogP contribution in [0.1, 0.15) is 56.9 Å². The highest BCUT2D eigenvalue weighted by Crippen LogP contribution is 2.26. The lowest BCUT2D eigenvalue weighted by molar-refractivity contribution is -0.137. The number of carboxylic acid groups (broad SMARTS) is 1. The Morgan fingerprint density at radius 2 is 1.89 bits per heavy atom. The molecule has 2 fully saturated rings. The average molecular weight is 389 g/mol. The highest BCUT2D eigenvalue weighted by atomic mass is 16.5. The third kappa shape index (κ3) is 6.23. The molecule has 1 aliphatic carbocycles. The number of carboxylic acids is 1. The van der Waals surface area contributed by atoms with Gasteiger partial charge in [0, 0.05) is 31.7 Å². The smallest absolute Gasteiger partial charge is 0.317 e. The van der Waals surface area contributed by atoms with Crippen LogP contribution >= 0.6 is 0 Å². The molecule has 1 heterocycles. The molecule has 2 unspecified atom stereocenters. The second-order valence-electron chi connectivity index (χ2n) is 7.99. The molecule has 3 rings (SSSR count). The van der Waals surface area contributed by atoms with Gasteiger partial charge in [0.2, 0.25) is 0 Å². The van der Waals surface area contributed by atoms with Crippen molar-refractivity contribution in [1.29, 1.82) is 0 Å². The van der Waals surface area contributed by atoms with E-state index in [1.54, 1.807) is 0 Å². The molecular formula is C22H32N2O4. The van der Waals surface area contributed by atoms with Crippen LogP contribution in [0.4, 0.5) is 4.79 Å². The Hall–Kier alpha value is -2.08. The first-order valence-electron chi connectivity index (χ1n) is 10.6. The van der Waals surface area contributed by atoms with Crippen LogP contribution in [0.3, 0.4) is 0 Å². The van der Waals surface area contributed by atoms with Crippen molar-refractivity contribution in [2.75, 3.05) is 13.2 Å². The molecule has 2 atom stereocenters. The summed E-state index contributed by atoms with van der Waals surface area (Å²) in [5.41, 5.74) is 1.10. The van der Waals surface area contributed by atoms with Crippen molar-refractivity contribution in [3.8, 4) is 0 Å². The van der Waals surface area contributed by atoms with Gasteiger partial charge >= 0.3 is 12.0 Å². The molecule has 1 aliphatic heterocycles. The molecule has 0 bridgehead atoms. The van der Waals surface area contributed by atoms with Crippen LogP contribution in [0, 0.1) is 0 Å². The van der Waals surface area contributed by atoms with E-state index in [-0.39, 0.29) is 30.6 Å². The number of urea groups is 1. The zero-order valence-corrected chi connectivity index (χ0v) is 16.5. The van der Waals surface area contributed by atoms with E-state index < -0.39 is 5.97 Å². The lowest BCUT2D eigenvalue weighted by Gasteiger charge is -2.33. The lowest BCUT2D eigenvalue weighted by atomic mass is 10.0. The van der Waals surface area contributed by atoms with Gasteiger partial charge in [-0.25, -0.2) is 4.79 Å². The summed E-state index contributed by atoms with van der Waals surface area (Å²) in [5.74, 6) is -0.834. The van der Waals surface area contributed by atoms with Crippen molar-refractivity contribution >= 4 is 12.0 Å². The quantitative estimate of drug-likeness (QED) is 0.677. The number of amides is 2. The van der Waals surface area contributed by atoms with Gasteiger partial charge in [0.15, 0.2) is 0 Å². The number of nitrogens with zero attached hydrogens (tertiary/aromatic N) is 1. The molecule has 1 saturated carbocycles. The molecule has 28 heavy (non-hydrogen) atoms. The molecule has 1 aromatic carbocycles. The largest absolute Gasteiger partial charge is 0.481 e. The maximum Gasteiger partial charge on any atom is 0.317 e. The number of hydrogen-bond donors (Lipinski definition) is 2. The topological polar surface area (TPSA) is 78.9 Å². The molecule has 2 N–H and O–H groups in total. The van der Waals surface area contributed by atoms with E-state index in [2.05, 4.69) is 5.32 Å². The molecule has 0 aromatic heterocycles. The van der Waals surface area contributed by atoms with E-state index in [1.807, 2.05) is 35.2 Å². The molecule has 6 heteroatoms. The van der Waals surface area contributed by atoms with Gasteiger partial charge in [0.05, 0.1) is 6.10 Å². The molecule has 2 amide bonds. The number of aliphatic carboxylic acids is 1. The van der Waals surface area contributed by atoms with Crippen molar-refractivity contribution < 1.29 is 19.4 Å². The normalized spacial score (nSPS) is 20.8. The summed E-state index contributed by atoms with van der Waals surface area (Å²) in [4.78, 5) is 26.2. The number of benzene rings is 1. The summed E-state index contributed by atoms with van der Waals surface area (Å²) in [6, 6.07) is 9.91. The Morgan fingerprint density at radius 1 is 1.14 bits per heavy atom. The zero-order valence-electron chi connectivity index (χ0n) is 16.5. The minimum Gasteiger partial charge on any atom is -0.481 e. The van der Waals surface area contributed by atoms with Gasteiger partial charge < -0.3 is 20.1 Å². The van der Waals surface area contributed by atoms with E-state index in [9.17, 15) is 9.59 Å². The van der Waals surface area contributed by atoms with Crippen LogP contribution < -0.4 is 5.32 Å². The Morgan fingerprint density at radius 3 is 2.54 bits per heavy atom. The average Bonchev–Trinajstić information content (AvgIpc) is 3.38. The molecule has 154 valence electrons. The summed E-state index contributed by atoms with van der Waals surface area (Å²) in [7, 11) is 0. The highest BCUT2D eigenvalue weighted by molar-refractivity contribution is 5.75. The van der Waals surface area contributed by atoms with E-state index in [0.717, 1.165) is 50.7 Å². The molecule has 0 spiro atoms. The summed E-state index contributed by atoms with van der Waals surface area (Å²) >= 11 is 0. The Bertz CT molecular complexity index is 625. The van der Waals surface area contributed by atoms with Gasteiger partial charge in [-0.05, 0) is 44.1 Å². The summed E-state index contributed by atoms with van der Waals surface area (Å²) in [6.07, 6.45) is 7.69. The molecule has 6 nitrogen and oxygen atoms in total. The molecule has 1 aromatic rings. The van der Waals surface area contributed by atoms with Gasteiger partial charge in [-0.15, -0.1) is 0 Å². The second kappa shape index (κ2) is 10.5. The summed E-state index contributed by atoms with van der Waals surface area (Å²) in [5, 5.41) is 12.2. The second-order valence-corrected chi connectivity index (χ2v) is 7.99. The molecule has 0 radical (unpaired) electrons.